The first-order valence-electron chi connectivity index (χ1n) is 7.99. The highest BCUT2D eigenvalue weighted by atomic mass is 16.5. The molecule has 0 saturated carbocycles. The van der Waals surface area contributed by atoms with Crippen LogP contribution >= 0.6 is 0 Å². The van der Waals surface area contributed by atoms with E-state index < -0.39 is 0 Å². The summed E-state index contributed by atoms with van der Waals surface area (Å²) >= 11 is 0. The summed E-state index contributed by atoms with van der Waals surface area (Å²) < 4.78 is 5.20. The molecule has 0 aliphatic carbocycles. The minimum Gasteiger partial charge on any atom is -0.380 e. The minimum atomic E-state index is 0.785. The molecule has 0 spiro atoms. The van der Waals surface area contributed by atoms with E-state index in [1.165, 1.54) is 23.1 Å². The second-order valence-corrected chi connectivity index (χ2v) is 5.77. The zero-order chi connectivity index (χ0) is 14.9. The van der Waals surface area contributed by atoms with Gasteiger partial charge in [0.2, 0.25) is 0 Å². The third-order valence-electron chi connectivity index (χ3n) is 3.90. The van der Waals surface area contributed by atoms with Crippen LogP contribution in [0.1, 0.15) is 30.9 Å². The van der Waals surface area contributed by atoms with E-state index in [2.05, 4.69) is 47.5 Å². The average molecular weight is 288 g/mol. The van der Waals surface area contributed by atoms with Gasteiger partial charge < -0.3 is 10.1 Å². The van der Waals surface area contributed by atoms with E-state index in [4.69, 9.17) is 4.74 Å². The van der Waals surface area contributed by atoms with E-state index in [-0.39, 0.29) is 0 Å². The van der Waals surface area contributed by atoms with Crippen molar-refractivity contribution in [3.05, 3.63) is 47.0 Å². The topological polar surface area (TPSA) is 24.5 Å². The quantitative estimate of drug-likeness (QED) is 0.588. The highest BCUT2D eigenvalue weighted by Crippen LogP contribution is 2.14. The van der Waals surface area contributed by atoms with Crippen molar-refractivity contribution < 1.29 is 4.74 Å². The SMILES string of the molecule is CCCNCc1ccc(CN2CC=C(COC)CC2)cc1. The zero-order valence-corrected chi connectivity index (χ0v) is 13.4. The number of hydrogen-bond donors (Lipinski definition) is 1. The third kappa shape index (κ3) is 5.62. The van der Waals surface area contributed by atoms with Gasteiger partial charge in [0.05, 0.1) is 6.61 Å². The largest absolute Gasteiger partial charge is 0.380 e. The Morgan fingerprint density at radius 3 is 2.57 bits per heavy atom. The number of nitrogens with zero attached hydrogens (tertiary/aromatic N) is 1. The molecule has 0 radical (unpaired) electrons. The second kappa shape index (κ2) is 8.98. The van der Waals surface area contributed by atoms with Crippen molar-refractivity contribution in [2.45, 2.75) is 32.9 Å². The van der Waals surface area contributed by atoms with Gasteiger partial charge in [0.15, 0.2) is 0 Å². The molecule has 1 aliphatic rings. The standard InChI is InChI=1S/C18H28N2O/c1-3-10-19-13-16-4-6-17(7-5-16)14-20-11-8-18(9-12-20)15-21-2/h4-8,19H,3,9-15H2,1-2H3. The molecule has 1 heterocycles. The lowest BCUT2D eigenvalue weighted by Crippen LogP contribution is -2.29. The van der Waals surface area contributed by atoms with Crippen molar-refractivity contribution in [1.82, 2.24) is 10.2 Å². The minimum absolute atomic E-state index is 0.785. The summed E-state index contributed by atoms with van der Waals surface area (Å²) in [5.41, 5.74) is 4.21. The van der Waals surface area contributed by atoms with Gasteiger partial charge in [0, 0.05) is 33.3 Å². The molecule has 3 heteroatoms. The Morgan fingerprint density at radius 2 is 1.95 bits per heavy atom. The molecule has 2 rings (SSSR count). The molecule has 1 aromatic carbocycles. The van der Waals surface area contributed by atoms with Crippen molar-refractivity contribution in [2.24, 2.45) is 0 Å². The summed E-state index contributed by atoms with van der Waals surface area (Å²) in [4.78, 5) is 2.49. The van der Waals surface area contributed by atoms with Crippen molar-refractivity contribution in [1.29, 1.82) is 0 Å². The van der Waals surface area contributed by atoms with Crippen LogP contribution in [0.4, 0.5) is 0 Å². The lowest BCUT2D eigenvalue weighted by atomic mass is 10.1. The lowest BCUT2D eigenvalue weighted by Gasteiger charge is -2.26. The first kappa shape index (κ1) is 16.2. The van der Waals surface area contributed by atoms with Crippen molar-refractivity contribution in [3.63, 3.8) is 0 Å². The Hall–Kier alpha value is -1.16. The molecule has 116 valence electrons. The maximum atomic E-state index is 5.20. The van der Waals surface area contributed by atoms with E-state index in [0.29, 0.717) is 0 Å². The van der Waals surface area contributed by atoms with Crippen molar-refractivity contribution in [2.75, 3.05) is 33.4 Å². The van der Waals surface area contributed by atoms with E-state index >= 15 is 0 Å². The first-order valence-corrected chi connectivity index (χ1v) is 7.99. The normalized spacial score (nSPS) is 16.0. The van der Waals surface area contributed by atoms with Crippen molar-refractivity contribution >= 4 is 0 Å². The first-order chi connectivity index (χ1) is 10.3. The third-order valence-corrected chi connectivity index (χ3v) is 3.90. The average Bonchev–Trinajstić information content (AvgIpc) is 2.51. The van der Waals surface area contributed by atoms with Crippen molar-refractivity contribution in [3.8, 4) is 0 Å². The number of methoxy groups -OCH3 is 1. The second-order valence-electron chi connectivity index (χ2n) is 5.77. The Labute approximate surface area is 129 Å². The monoisotopic (exact) mass is 288 g/mol. The van der Waals surface area contributed by atoms with Gasteiger partial charge in [-0.1, -0.05) is 37.3 Å². The molecular weight excluding hydrogens is 260 g/mol. The predicted molar refractivity (Wildman–Crippen MR) is 88.3 cm³/mol. The number of nitrogens with one attached hydrogen (secondary N) is 1. The maximum Gasteiger partial charge on any atom is 0.0673 e. The number of ether oxygens (including phenoxy) is 1. The highest BCUT2D eigenvalue weighted by molar-refractivity contribution is 5.23. The van der Waals surface area contributed by atoms with Gasteiger partial charge in [-0.05, 0) is 36.1 Å². The van der Waals surface area contributed by atoms with Gasteiger partial charge in [-0.15, -0.1) is 0 Å². The zero-order valence-electron chi connectivity index (χ0n) is 13.4. The lowest BCUT2D eigenvalue weighted by molar-refractivity contribution is 0.210. The summed E-state index contributed by atoms with van der Waals surface area (Å²) in [5.74, 6) is 0. The predicted octanol–water partition coefficient (Wildman–Crippen LogP) is 2.96. The fourth-order valence-electron chi connectivity index (χ4n) is 2.64. The summed E-state index contributed by atoms with van der Waals surface area (Å²) in [5, 5.41) is 3.44. The molecule has 0 atom stereocenters. The van der Waals surface area contributed by atoms with Gasteiger partial charge >= 0.3 is 0 Å². The van der Waals surface area contributed by atoms with E-state index in [0.717, 1.165) is 45.8 Å². The number of rotatable bonds is 8. The summed E-state index contributed by atoms with van der Waals surface area (Å²) in [7, 11) is 1.77. The van der Waals surface area contributed by atoms with Gasteiger partial charge in [-0.2, -0.15) is 0 Å². The van der Waals surface area contributed by atoms with Gasteiger partial charge in [-0.3, -0.25) is 4.90 Å². The number of benzene rings is 1. The molecule has 0 unspecified atom stereocenters. The molecule has 0 amide bonds. The smallest absolute Gasteiger partial charge is 0.0673 e. The Morgan fingerprint density at radius 1 is 1.19 bits per heavy atom. The Kier molecular flexibility index (Phi) is 6.93. The summed E-state index contributed by atoms with van der Waals surface area (Å²) in [6, 6.07) is 9.01. The van der Waals surface area contributed by atoms with Gasteiger partial charge in [0.25, 0.3) is 0 Å². The summed E-state index contributed by atoms with van der Waals surface area (Å²) in [6.45, 7) is 8.26. The fraction of sp³-hybridized carbons (Fsp3) is 0.556. The molecule has 21 heavy (non-hydrogen) atoms. The summed E-state index contributed by atoms with van der Waals surface area (Å²) in [6.07, 6.45) is 4.63. The molecule has 3 nitrogen and oxygen atoms in total. The van der Waals surface area contributed by atoms with E-state index in [1.807, 2.05) is 0 Å². The highest BCUT2D eigenvalue weighted by Gasteiger charge is 2.11. The van der Waals surface area contributed by atoms with Gasteiger partial charge in [0.1, 0.15) is 0 Å². The number of hydrogen-bond acceptors (Lipinski definition) is 3. The van der Waals surface area contributed by atoms with Crippen LogP contribution in [0.3, 0.4) is 0 Å². The molecule has 0 saturated heterocycles. The van der Waals surface area contributed by atoms with Crippen LogP contribution in [-0.2, 0) is 17.8 Å². The van der Waals surface area contributed by atoms with E-state index in [9.17, 15) is 0 Å². The molecule has 0 fully saturated rings. The van der Waals surface area contributed by atoms with Crippen LogP contribution in [0.2, 0.25) is 0 Å². The fourth-order valence-corrected chi connectivity index (χ4v) is 2.64. The van der Waals surface area contributed by atoms with Crippen LogP contribution in [0.25, 0.3) is 0 Å². The Bertz CT molecular complexity index is 439. The molecule has 1 aromatic rings. The van der Waals surface area contributed by atoms with Crippen LogP contribution in [0, 0.1) is 0 Å². The molecule has 0 bridgehead atoms. The maximum absolute atomic E-state index is 5.20. The van der Waals surface area contributed by atoms with Gasteiger partial charge in [-0.25, -0.2) is 0 Å². The molecule has 1 aliphatic heterocycles. The molecule has 1 N–H and O–H groups in total. The van der Waals surface area contributed by atoms with E-state index in [1.54, 1.807) is 7.11 Å². The van der Waals surface area contributed by atoms with Crippen LogP contribution < -0.4 is 5.32 Å². The molecule has 0 aromatic heterocycles. The Balaban J connectivity index is 1.78. The molecular formula is C18H28N2O. The van der Waals surface area contributed by atoms with Crippen LogP contribution in [-0.4, -0.2) is 38.3 Å². The van der Waals surface area contributed by atoms with Crippen LogP contribution in [0.5, 0.6) is 0 Å². The van der Waals surface area contributed by atoms with Crippen LogP contribution in [0.15, 0.2) is 35.9 Å².